The minimum Gasteiger partial charge on any atom is -0.388 e. The lowest BCUT2D eigenvalue weighted by Gasteiger charge is -2.24. The van der Waals surface area contributed by atoms with Gasteiger partial charge in [-0.1, -0.05) is 30.3 Å². The summed E-state index contributed by atoms with van der Waals surface area (Å²) in [6.45, 7) is 2.89. The zero-order chi connectivity index (χ0) is 13.7. The van der Waals surface area contributed by atoms with Crippen LogP contribution in [0.15, 0.2) is 42.5 Å². The molecule has 0 saturated carbocycles. The molecule has 0 aliphatic heterocycles. The molecule has 0 bridgehead atoms. The topological polar surface area (TPSA) is 41.5 Å². The van der Waals surface area contributed by atoms with Gasteiger partial charge in [0.2, 0.25) is 0 Å². The van der Waals surface area contributed by atoms with Crippen LogP contribution in [0, 0.1) is 0 Å². The molecular weight excluding hydrogens is 238 g/mol. The molecule has 0 aliphatic carbocycles. The number of fused-ring (bicyclic) bond motifs is 1. The lowest BCUT2D eigenvalue weighted by atomic mass is 10.0. The van der Waals surface area contributed by atoms with Gasteiger partial charge in [-0.2, -0.15) is 0 Å². The van der Waals surface area contributed by atoms with Gasteiger partial charge in [0, 0.05) is 32.4 Å². The fourth-order valence-electron chi connectivity index (χ4n) is 2.00. The third-order valence-electron chi connectivity index (χ3n) is 3.27. The van der Waals surface area contributed by atoms with Gasteiger partial charge in [0.1, 0.15) is 0 Å². The van der Waals surface area contributed by atoms with E-state index in [1.165, 1.54) is 10.8 Å². The molecule has 0 aliphatic rings. The lowest BCUT2D eigenvalue weighted by molar-refractivity contribution is 0.0357. The smallest absolute Gasteiger partial charge is 0.0813 e. The number of rotatable bonds is 6. The van der Waals surface area contributed by atoms with Crippen LogP contribution in [0.2, 0.25) is 0 Å². The summed E-state index contributed by atoms with van der Waals surface area (Å²) in [6, 6.07) is 14.5. The standard InChI is InChI=1S/C16H21NO2/c1-16(18,9-10-19-2)12-17-15-8-7-13-5-3-4-6-14(13)11-15/h3-8,11,17-18H,9-10,12H2,1-2H3. The summed E-state index contributed by atoms with van der Waals surface area (Å²) in [7, 11) is 1.65. The Kier molecular flexibility index (Phi) is 4.40. The molecule has 1 atom stereocenters. The van der Waals surface area contributed by atoms with Crippen LogP contribution in [-0.4, -0.2) is 31.0 Å². The van der Waals surface area contributed by atoms with Gasteiger partial charge >= 0.3 is 0 Å². The summed E-state index contributed by atoms with van der Waals surface area (Å²) >= 11 is 0. The number of aliphatic hydroxyl groups is 1. The molecule has 0 amide bonds. The molecule has 19 heavy (non-hydrogen) atoms. The number of hydrogen-bond acceptors (Lipinski definition) is 3. The minimum absolute atomic E-state index is 0.509. The SMILES string of the molecule is COCCC(C)(O)CNc1ccc2ccccc2c1. The zero-order valence-corrected chi connectivity index (χ0v) is 11.5. The van der Waals surface area contributed by atoms with Crippen molar-refractivity contribution in [2.75, 3.05) is 25.6 Å². The molecule has 0 spiro atoms. The van der Waals surface area contributed by atoms with Crippen molar-refractivity contribution in [3.63, 3.8) is 0 Å². The van der Waals surface area contributed by atoms with E-state index in [0.29, 0.717) is 19.6 Å². The highest BCUT2D eigenvalue weighted by molar-refractivity contribution is 5.85. The first-order valence-electron chi connectivity index (χ1n) is 6.55. The highest BCUT2D eigenvalue weighted by Gasteiger charge is 2.19. The Bertz CT molecular complexity index is 537. The maximum Gasteiger partial charge on any atom is 0.0813 e. The van der Waals surface area contributed by atoms with Crippen molar-refractivity contribution in [2.24, 2.45) is 0 Å². The van der Waals surface area contributed by atoms with Crippen molar-refractivity contribution in [1.29, 1.82) is 0 Å². The van der Waals surface area contributed by atoms with Gasteiger partial charge in [0.15, 0.2) is 0 Å². The Labute approximate surface area is 114 Å². The van der Waals surface area contributed by atoms with E-state index in [4.69, 9.17) is 4.74 Å². The largest absolute Gasteiger partial charge is 0.388 e. The Morgan fingerprint density at radius 3 is 2.63 bits per heavy atom. The van der Waals surface area contributed by atoms with E-state index in [1.54, 1.807) is 7.11 Å². The third kappa shape index (κ3) is 3.94. The predicted molar refractivity (Wildman–Crippen MR) is 79.6 cm³/mol. The molecule has 0 heterocycles. The van der Waals surface area contributed by atoms with E-state index < -0.39 is 5.60 Å². The highest BCUT2D eigenvalue weighted by atomic mass is 16.5. The number of methoxy groups -OCH3 is 1. The first-order valence-corrected chi connectivity index (χ1v) is 6.55. The number of benzene rings is 2. The molecule has 102 valence electrons. The van der Waals surface area contributed by atoms with E-state index in [-0.39, 0.29) is 0 Å². The summed E-state index contributed by atoms with van der Waals surface area (Å²) < 4.78 is 5.00. The molecule has 2 rings (SSSR count). The van der Waals surface area contributed by atoms with Crippen LogP contribution in [0.3, 0.4) is 0 Å². The van der Waals surface area contributed by atoms with Gasteiger partial charge in [0.25, 0.3) is 0 Å². The van der Waals surface area contributed by atoms with Crippen LogP contribution < -0.4 is 5.32 Å². The molecule has 0 fully saturated rings. The number of nitrogens with one attached hydrogen (secondary N) is 1. The maximum absolute atomic E-state index is 10.2. The van der Waals surface area contributed by atoms with Crippen LogP contribution in [-0.2, 0) is 4.74 Å². The summed E-state index contributed by atoms with van der Waals surface area (Å²) in [5.41, 5.74) is 0.262. The quantitative estimate of drug-likeness (QED) is 0.838. The van der Waals surface area contributed by atoms with Crippen molar-refractivity contribution in [3.8, 4) is 0 Å². The molecule has 3 heteroatoms. The molecule has 1 unspecified atom stereocenters. The fourth-order valence-corrected chi connectivity index (χ4v) is 2.00. The van der Waals surface area contributed by atoms with E-state index >= 15 is 0 Å². The summed E-state index contributed by atoms with van der Waals surface area (Å²) in [5, 5.41) is 15.9. The average Bonchev–Trinajstić information content (AvgIpc) is 2.43. The molecule has 0 saturated heterocycles. The highest BCUT2D eigenvalue weighted by Crippen LogP contribution is 2.20. The van der Waals surface area contributed by atoms with E-state index in [2.05, 4.69) is 29.6 Å². The summed E-state index contributed by atoms with van der Waals surface area (Å²) in [4.78, 5) is 0. The predicted octanol–water partition coefficient (Wildman–Crippen LogP) is 3.04. The molecule has 2 aromatic rings. The maximum atomic E-state index is 10.2. The van der Waals surface area contributed by atoms with Crippen molar-refractivity contribution in [2.45, 2.75) is 18.9 Å². The van der Waals surface area contributed by atoms with E-state index in [0.717, 1.165) is 5.69 Å². The van der Waals surface area contributed by atoms with E-state index in [1.807, 2.05) is 25.1 Å². The van der Waals surface area contributed by atoms with Crippen molar-refractivity contribution >= 4 is 16.5 Å². The van der Waals surface area contributed by atoms with Gasteiger partial charge in [0.05, 0.1) is 5.60 Å². The summed E-state index contributed by atoms with van der Waals surface area (Å²) in [6.07, 6.45) is 0.615. The van der Waals surface area contributed by atoms with E-state index in [9.17, 15) is 5.11 Å². The third-order valence-corrected chi connectivity index (χ3v) is 3.27. The van der Waals surface area contributed by atoms with Crippen LogP contribution in [0.5, 0.6) is 0 Å². The van der Waals surface area contributed by atoms with Crippen molar-refractivity contribution < 1.29 is 9.84 Å². The first-order chi connectivity index (χ1) is 9.11. The Hall–Kier alpha value is -1.58. The van der Waals surface area contributed by atoms with Crippen molar-refractivity contribution in [3.05, 3.63) is 42.5 Å². The Morgan fingerprint density at radius 1 is 1.16 bits per heavy atom. The second-order valence-corrected chi connectivity index (χ2v) is 5.16. The zero-order valence-electron chi connectivity index (χ0n) is 11.5. The van der Waals surface area contributed by atoms with Gasteiger partial charge < -0.3 is 15.2 Å². The monoisotopic (exact) mass is 259 g/mol. The van der Waals surface area contributed by atoms with Crippen LogP contribution in [0.25, 0.3) is 10.8 Å². The van der Waals surface area contributed by atoms with Crippen LogP contribution in [0.1, 0.15) is 13.3 Å². The Morgan fingerprint density at radius 2 is 1.89 bits per heavy atom. The van der Waals surface area contributed by atoms with Crippen molar-refractivity contribution in [1.82, 2.24) is 0 Å². The first kappa shape index (κ1) is 13.8. The molecule has 0 radical (unpaired) electrons. The number of anilines is 1. The second kappa shape index (κ2) is 6.04. The fraction of sp³-hybridized carbons (Fsp3) is 0.375. The minimum atomic E-state index is -0.762. The van der Waals surface area contributed by atoms with Gasteiger partial charge in [-0.15, -0.1) is 0 Å². The molecule has 2 aromatic carbocycles. The van der Waals surface area contributed by atoms with Crippen LogP contribution >= 0.6 is 0 Å². The summed E-state index contributed by atoms with van der Waals surface area (Å²) in [5.74, 6) is 0. The lowest BCUT2D eigenvalue weighted by Crippen LogP contribution is -2.34. The van der Waals surface area contributed by atoms with Gasteiger partial charge in [-0.25, -0.2) is 0 Å². The molecule has 3 nitrogen and oxygen atoms in total. The van der Waals surface area contributed by atoms with Crippen LogP contribution in [0.4, 0.5) is 5.69 Å². The van der Waals surface area contributed by atoms with Gasteiger partial charge in [-0.3, -0.25) is 0 Å². The average molecular weight is 259 g/mol. The second-order valence-electron chi connectivity index (χ2n) is 5.16. The molecule has 0 aromatic heterocycles. The number of ether oxygens (including phenoxy) is 1. The number of hydrogen-bond donors (Lipinski definition) is 2. The molecular formula is C16H21NO2. The normalized spacial score (nSPS) is 14.3. The van der Waals surface area contributed by atoms with Gasteiger partial charge in [-0.05, 0) is 29.8 Å². The Balaban J connectivity index is 2.01. The molecule has 2 N–H and O–H groups in total.